The Bertz CT molecular complexity index is 1050. The second-order valence-electron chi connectivity index (χ2n) is 9.82. The molecule has 3 heterocycles. The van der Waals surface area contributed by atoms with Gasteiger partial charge in [0.05, 0.1) is 12.0 Å². The summed E-state index contributed by atoms with van der Waals surface area (Å²) in [6, 6.07) is 14.2. The van der Waals surface area contributed by atoms with Crippen LogP contribution in [0.1, 0.15) is 43.2 Å². The molecule has 3 aliphatic heterocycles. The Morgan fingerprint density at radius 1 is 0.941 bits per heavy atom. The Balaban J connectivity index is 1.34. The van der Waals surface area contributed by atoms with Crippen molar-refractivity contribution >= 4 is 17.7 Å². The molecule has 1 spiro atoms. The van der Waals surface area contributed by atoms with Gasteiger partial charge in [-0.05, 0) is 62.4 Å². The first-order chi connectivity index (χ1) is 16.4. The van der Waals surface area contributed by atoms with Gasteiger partial charge in [-0.1, -0.05) is 29.8 Å². The van der Waals surface area contributed by atoms with Crippen LogP contribution < -0.4 is 4.90 Å². The highest BCUT2D eigenvalue weighted by atomic mass is 19.1. The molecule has 3 saturated heterocycles. The molecule has 0 N–H and O–H groups in total. The largest absolute Gasteiger partial charge is 0.441 e. The number of rotatable bonds is 3. The molecule has 3 aliphatic rings. The lowest BCUT2D eigenvalue weighted by Gasteiger charge is -2.40. The van der Waals surface area contributed by atoms with Crippen LogP contribution in [0.3, 0.4) is 0 Å². The third kappa shape index (κ3) is 4.17. The molecule has 0 bridgehead atoms. The Morgan fingerprint density at radius 2 is 1.65 bits per heavy atom. The minimum absolute atomic E-state index is 0.149. The van der Waals surface area contributed by atoms with Crippen molar-refractivity contribution in [3.8, 4) is 0 Å². The number of hydrogen-bond donors (Lipinski definition) is 0. The number of carbonyl (C=O) groups excluding carboxylic acids is 2. The molecule has 0 aliphatic carbocycles. The molecule has 2 amide bonds. The van der Waals surface area contributed by atoms with E-state index >= 15 is 0 Å². The molecule has 3 fully saturated rings. The quantitative estimate of drug-likeness (QED) is 0.664. The molecule has 7 heteroatoms. The monoisotopic (exact) mass is 466 g/mol. The summed E-state index contributed by atoms with van der Waals surface area (Å²) >= 11 is 0. The van der Waals surface area contributed by atoms with Crippen LogP contribution in [0.2, 0.25) is 0 Å². The highest BCUT2D eigenvalue weighted by Crippen LogP contribution is 2.40. The van der Waals surface area contributed by atoms with Crippen LogP contribution in [0.5, 0.6) is 0 Å². The number of nitrogens with zero attached hydrogens (tertiary/aromatic N) is 2. The van der Waals surface area contributed by atoms with Gasteiger partial charge in [-0.2, -0.15) is 0 Å². The molecule has 6 nitrogen and oxygen atoms in total. The van der Waals surface area contributed by atoms with Crippen LogP contribution in [0, 0.1) is 12.7 Å². The fourth-order valence-corrected chi connectivity index (χ4v) is 5.60. The number of aryl methyl sites for hydroxylation is 1. The molecule has 2 aromatic rings. The number of ether oxygens (including phenoxy) is 2. The van der Waals surface area contributed by atoms with Crippen LogP contribution in [-0.4, -0.2) is 55.3 Å². The fourth-order valence-electron chi connectivity index (χ4n) is 5.60. The Morgan fingerprint density at radius 3 is 2.35 bits per heavy atom. The van der Waals surface area contributed by atoms with Crippen LogP contribution in [0.25, 0.3) is 0 Å². The van der Waals surface area contributed by atoms with Gasteiger partial charge in [-0.25, -0.2) is 9.18 Å². The lowest BCUT2D eigenvalue weighted by molar-refractivity contribution is -0.141. The van der Waals surface area contributed by atoms with Gasteiger partial charge in [0.15, 0.2) is 0 Å². The van der Waals surface area contributed by atoms with Crippen molar-refractivity contribution in [1.29, 1.82) is 0 Å². The maximum Gasteiger partial charge on any atom is 0.415 e. The smallest absolute Gasteiger partial charge is 0.415 e. The number of anilines is 1. The van der Waals surface area contributed by atoms with Gasteiger partial charge in [0.25, 0.3) is 0 Å². The lowest BCUT2D eigenvalue weighted by atomic mass is 9.72. The molecule has 5 rings (SSSR count). The van der Waals surface area contributed by atoms with Crippen LogP contribution >= 0.6 is 0 Å². The third-order valence-electron chi connectivity index (χ3n) is 7.65. The standard InChI is InChI=1S/C27H31FN2O4/c1-20-3-5-21(6-4-20)27(13-17-33-18-14-27)24(31)29-15-2-11-26(12-16-29)19-30(25(32)34-26)23-9-7-22(28)8-10-23/h3-10H,2,11-19H2,1H3. The van der Waals surface area contributed by atoms with E-state index < -0.39 is 17.1 Å². The topological polar surface area (TPSA) is 59.1 Å². The summed E-state index contributed by atoms with van der Waals surface area (Å²) in [6.45, 7) is 4.79. The van der Waals surface area contributed by atoms with Crippen LogP contribution in [-0.2, 0) is 19.7 Å². The molecule has 2 aromatic carbocycles. The predicted octanol–water partition coefficient (Wildman–Crippen LogP) is 4.59. The summed E-state index contributed by atoms with van der Waals surface area (Å²) in [4.78, 5) is 30.2. The van der Waals surface area contributed by atoms with Gasteiger partial charge in [0.1, 0.15) is 11.4 Å². The molecular weight excluding hydrogens is 435 g/mol. The van der Waals surface area contributed by atoms with Gasteiger partial charge in [-0.15, -0.1) is 0 Å². The summed E-state index contributed by atoms with van der Waals surface area (Å²) in [5.41, 5.74) is 1.65. The van der Waals surface area contributed by atoms with E-state index in [1.165, 1.54) is 17.7 Å². The highest BCUT2D eigenvalue weighted by molar-refractivity contribution is 5.90. The summed E-state index contributed by atoms with van der Waals surface area (Å²) < 4.78 is 24.9. The van der Waals surface area contributed by atoms with E-state index in [0.717, 1.165) is 12.0 Å². The second-order valence-corrected chi connectivity index (χ2v) is 9.82. The normalized spacial score (nSPS) is 24.7. The van der Waals surface area contributed by atoms with Crippen LogP contribution in [0.4, 0.5) is 14.9 Å². The number of likely N-dealkylation sites (tertiary alicyclic amines) is 1. The molecule has 0 saturated carbocycles. The number of amides is 2. The predicted molar refractivity (Wildman–Crippen MR) is 126 cm³/mol. The van der Waals surface area contributed by atoms with E-state index in [-0.39, 0.29) is 11.7 Å². The summed E-state index contributed by atoms with van der Waals surface area (Å²) in [6.07, 6.45) is 2.97. The molecule has 180 valence electrons. The molecule has 1 unspecified atom stereocenters. The number of benzene rings is 2. The van der Waals surface area contributed by atoms with Gasteiger partial charge < -0.3 is 14.4 Å². The summed E-state index contributed by atoms with van der Waals surface area (Å²) in [5.74, 6) is -0.193. The number of hydrogen-bond acceptors (Lipinski definition) is 4. The zero-order chi connectivity index (χ0) is 23.8. The molecule has 34 heavy (non-hydrogen) atoms. The lowest BCUT2D eigenvalue weighted by Crippen LogP contribution is -2.50. The number of halogens is 1. The Kier molecular flexibility index (Phi) is 6.06. The van der Waals surface area contributed by atoms with Crippen molar-refractivity contribution in [2.75, 3.05) is 37.7 Å². The van der Waals surface area contributed by atoms with E-state index in [0.29, 0.717) is 64.2 Å². The summed E-state index contributed by atoms with van der Waals surface area (Å²) in [5, 5.41) is 0. The highest BCUT2D eigenvalue weighted by Gasteiger charge is 2.49. The van der Waals surface area contributed by atoms with Gasteiger partial charge in [0, 0.05) is 38.4 Å². The first-order valence-corrected chi connectivity index (χ1v) is 12.1. The molecule has 1 atom stereocenters. The average Bonchev–Trinajstić information content (AvgIpc) is 3.04. The van der Waals surface area contributed by atoms with Gasteiger partial charge in [-0.3, -0.25) is 9.69 Å². The van der Waals surface area contributed by atoms with Crippen molar-refractivity contribution in [1.82, 2.24) is 4.90 Å². The van der Waals surface area contributed by atoms with Gasteiger partial charge in [0.2, 0.25) is 5.91 Å². The van der Waals surface area contributed by atoms with Crippen molar-refractivity contribution < 1.29 is 23.5 Å². The van der Waals surface area contributed by atoms with E-state index in [2.05, 4.69) is 31.2 Å². The Hall–Kier alpha value is -2.93. The zero-order valence-corrected chi connectivity index (χ0v) is 19.6. The first kappa shape index (κ1) is 22.8. The summed E-state index contributed by atoms with van der Waals surface area (Å²) in [7, 11) is 0. The third-order valence-corrected chi connectivity index (χ3v) is 7.65. The van der Waals surface area contributed by atoms with Gasteiger partial charge >= 0.3 is 6.09 Å². The number of carbonyl (C=O) groups is 2. The van der Waals surface area contributed by atoms with E-state index in [1.54, 1.807) is 17.0 Å². The van der Waals surface area contributed by atoms with Crippen molar-refractivity contribution in [2.24, 2.45) is 0 Å². The Labute approximate surface area is 199 Å². The zero-order valence-electron chi connectivity index (χ0n) is 19.6. The molecule has 0 radical (unpaired) electrons. The molecular formula is C27H31FN2O4. The van der Waals surface area contributed by atoms with Crippen LogP contribution in [0.15, 0.2) is 48.5 Å². The minimum Gasteiger partial charge on any atom is -0.441 e. The average molecular weight is 467 g/mol. The molecule has 0 aromatic heterocycles. The van der Waals surface area contributed by atoms with E-state index in [1.807, 2.05) is 4.90 Å². The van der Waals surface area contributed by atoms with Crippen molar-refractivity contribution in [3.63, 3.8) is 0 Å². The maximum absolute atomic E-state index is 14.0. The second kappa shape index (κ2) is 9.02. The van der Waals surface area contributed by atoms with Crippen molar-refractivity contribution in [2.45, 2.75) is 50.0 Å². The van der Waals surface area contributed by atoms with E-state index in [9.17, 15) is 14.0 Å². The van der Waals surface area contributed by atoms with E-state index in [4.69, 9.17) is 9.47 Å². The SMILES string of the molecule is Cc1ccc(C2(C(=O)N3CCCC4(CC3)CN(c3ccc(F)cc3)C(=O)O4)CCOCC2)cc1. The minimum atomic E-state index is -0.632. The van der Waals surface area contributed by atoms with Crippen molar-refractivity contribution in [3.05, 3.63) is 65.5 Å². The first-order valence-electron chi connectivity index (χ1n) is 12.1. The fraction of sp³-hybridized carbons (Fsp3) is 0.481. The maximum atomic E-state index is 14.0.